The van der Waals surface area contributed by atoms with Crippen LogP contribution in [0.3, 0.4) is 0 Å². The summed E-state index contributed by atoms with van der Waals surface area (Å²) in [7, 11) is 0. The number of rotatable bonds is 8. The zero-order chi connectivity index (χ0) is 22.0. The van der Waals surface area contributed by atoms with Gasteiger partial charge >= 0.3 is 0 Å². The second kappa shape index (κ2) is 9.06. The molecule has 0 bridgehead atoms. The number of benzene rings is 1. The Labute approximate surface area is 187 Å². The maximum absolute atomic E-state index is 12.3. The van der Waals surface area contributed by atoms with E-state index in [1.807, 2.05) is 31.2 Å². The summed E-state index contributed by atoms with van der Waals surface area (Å²) in [5, 5.41) is 13.9. The van der Waals surface area contributed by atoms with Crippen molar-refractivity contribution in [2.75, 3.05) is 5.84 Å². The Kier molecular flexibility index (Phi) is 6.23. The zero-order valence-electron chi connectivity index (χ0n) is 17.5. The number of hydrogen-bond acceptors (Lipinski definition) is 9. The summed E-state index contributed by atoms with van der Waals surface area (Å²) in [5.41, 5.74) is 1.71. The van der Waals surface area contributed by atoms with Crippen LogP contribution in [0.15, 0.2) is 40.3 Å². The molecule has 0 saturated carbocycles. The van der Waals surface area contributed by atoms with Crippen LogP contribution in [0.4, 0.5) is 0 Å². The first-order valence-corrected chi connectivity index (χ1v) is 11.7. The number of aryl methyl sites for hydroxylation is 1. The Hall–Kier alpha value is -2.92. The number of nitrogens with two attached hydrogens (primary N) is 1. The van der Waals surface area contributed by atoms with Crippen molar-refractivity contribution in [2.24, 2.45) is 0 Å². The molecule has 9 nitrogen and oxygen atoms in total. The van der Waals surface area contributed by atoms with Crippen LogP contribution in [0.1, 0.15) is 48.8 Å². The van der Waals surface area contributed by atoms with Crippen molar-refractivity contribution >= 4 is 28.1 Å². The largest absolute Gasteiger partial charge is 0.486 e. The summed E-state index contributed by atoms with van der Waals surface area (Å²) >= 11 is 2.78. The van der Waals surface area contributed by atoms with Crippen molar-refractivity contribution < 1.29 is 4.74 Å². The monoisotopic (exact) mass is 457 g/mol. The molecule has 0 radical (unpaired) electrons. The van der Waals surface area contributed by atoms with Crippen LogP contribution in [-0.4, -0.2) is 29.5 Å². The molecule has 0 unspecified atom stereocenters. The first-order valence-electron chi connectivity index (χ1n) is 9.88. The van der Waals surface area contributed by atoms with Crippen LogP contribution in [0.5, 0.6) is 5.75 Å². The molecule has 0 aliphatic rings. The van der Waals surface area contributed by atoms with E-state index in [2.05, 4.69) is 34.1 Å². The molecule has 0 atom stereocenters. The fourth-order valence-electron chi connectivity index (χ4n) is 2.85. The minimum absolute atomic E-state index is 0.191. The summed E-state index contributed by atoms with van der Waals surface area (Å²) in [6, 6.07) is 9.46. The third kappa shape index (κ3) is 4.72. The molecule has 3 aromatic heterocycles. The zero-order valence-corrected chi connectivity index (χ0v) is 19.1. The molecule has 2 N–H and O–H groups in total. The molecule has 1 aromatic carbocycles. The van der Waals surface area contributed by atoms with Gasteiger partial charge in [0.1, 0.15) is 17.4 Å². The SMILES string of the molecule is CCc1nn2c(=O)cc(CSc3nnc(COc4ccc(C(C)C)cc4)n3N)nc2s1. The maximum atomic E-state index is 12.3. The second-order valence-corrected chi connectivity index (χ2v) is 9.18. The van der Waals surface area contributed by atoms with Gasteiger partial charge in [-0.05, 0) is 30.0 Å². The Morgan fingerprint density at radius 2 is 2.00 bits per heavy atom. The summed E-state index contributed by atoms with van der Waals surface area (Å²) in [4.78, 5) is 17.4. The smallest absolute Gasteiger partial charge is 0.275 e. The van der Waals surface area contributed by atoms with Gasteiger partial charge in [-0.25, -0.2) is 9.66 Å². The van der Waals surface area contributed by atoms with Gasteiger partial charge in [0.2, 0.25) is 10.1 Å². The van der Waals surface area contributed by atoms with Gasteiger partial charge in [0.05, 0.1) is 5.69 Å². The van der Waals surface area contributed by atoms with Gasteiger partial charge in [0, 0.05) is 11.8 Å². The molecule has 0 amide bonds. The fourth-order valence-corrected chi connectivity index (χ4v) is 4.48. The highest BCUT2D eigenvalue weighted by Gasteiger charge is 2.13. The molecule has 3 heterocycles. The third-order valence-corrected chi connectivity index (χ3v) is 6.67. The summed E-state index contributed by atoms with van der Waals surface area (Å²) in [6.45, 7) is 6.50. The van der Waals surface area contributed by atoms with Gasteiger partial charge in [-0.1, -0.05) is 56.0 Å². The first-order chi connectivity index (χ1) is 14.9. The number of aromatic nitrogens is 6. The van der Waals surface area contributed by atoms with Gasteiger partial charge in [-0.2, -0.15) is 9.61 Å². The van der Waals surface area contributed by atoms with Crippen LogP contribution in [0.25, 0.3) is 4.96 Å². The normalized spacial score (nSPS) is 11.5. The van der Waals surface area contributed by atoms with Crippen molar-refractivity contribution in [1.82, 2.24) is 29.5 Å². The Morgan fingerprint density at radius 3 is 2.71 bits per heavy atom. The van der Waals surface area contributed by atoms with E-state index >= 15 is 0 Å². The lowest BCUT2D eigenvalue weighted by atomic mass is 10.0. The molecule has 0 aliphatic carbocycles. The first kappa shape index (κ1) is 21.3. The van der Waals surface area contributed by atoms with Crippen LogP contribution in [0.2, 0.25) is 0 Å². The van der Waals surface area contributed by atoms with Gasteiger partial charge < -0.3 is 10.6 Å². The average Bonchev–Trinajstić information content (AvgIpc) is 3.34. The van der Waals surface area contributed by atoms with Crippen molar-refractivity contribution in [3.8, 4) is 5.75 Å². The highest BCUT2D eigenvalue weighted by Crippen LogP contribution is 2.22. The lowest BCUT2D eigenvalue weighted by Crippen LogP contribution is -2.16. The van der Waals surface area contributed by atoms with Crippen LogP contribution >= 0.6 is 23.1 Å². The molecule has 162 valence electrons. The van der Waals surface area contributed by atoms with Gasteiger partial charge in [0.25, 0.3) is 5.56 Å². The molecule has 4 rings (SSSR count). The number of hydrogen-bond donors (Lipinski definition) is 1. The molecule has 0 saturated heterocycles. The lowest BCUT2D eigenvalue weighted by molar-refractivity contribution is 0.291. The number of nitrogen functional groups attached to an aromatic ring is 1. The van der Waals surface area contributed by atoms with Crippen molar-refractivity contribution in [2.45, 2.75) is 50.6 Å². The number of thioether (sulfide) groups is 1. The quantitative estimate of drug-likeness (QED) is 0.317. The Balaban J connectivity index is 1.40. The average molecular weight is 458 g/mol. The molecule has 0 spiro atoms. The summed E-state index contributed by atoms with van der Waals surface area (Å²) < 4.78 is 8.53. The third-order valence-electron chi connectivity index (χ3n) is 4.64. The number of ether oxygens (including phenoxy) is 1. The van der Waals surface area contributed by atoms with E-state index in [9.17, 15) is 4.79 Å². The summed E-state index contributed by atoms with van der Waals surface area (Å²) in [6.07, 6.45) is 0.764. The molecule has 11 heteroatoms. The van der Waals surface area contributed by atoms with E-state index in [0.29, 0.717) is 33.3 Å². The van der Waals surface area contributed by atoms with E-state index < -0.39 is 0 Å². The van der Waals surface area contributed by atoms with Gasteiger partial charge in [-0.3, -0.25) is 4.79 Å². The van der Waals surface area contributed by atoms with E-state index in [0.717, 1.165) is 17.2 Å². The molecule has 31 heavy (non-hydrogen) atoms. The molecular weight excluding hydrogens is 434 g/mol. The van der Waals surface area contributed by atoms with E-state index in [4.69, 9.17) is 10.6 Å². The van der Waals surface area contributed by atoms with Crippen LogP contribution in [-0.2, 0) is 18.8 Å². The highest BCUT2D eigenvalue weighted by atomic mass is 32.2. The van der Waals surface area contributed by atoms with Crippen molar-refractivity contribution in [3.05, 3.63) is 62.8 Å². The van der Waals surface area contributed by atoms with E-state index in [1.165, 1.54) is 43.9 Å². The van der Waals surface area contributed by atoms with E-state index in [-0.39, 0.29) is 12.2 Å². The molecular formula is C20H23N7O2S2. The Bertz CT molecular complexity index is 1240. The summed E-state index contributed by atoms with van der Waals surface area (Å²) in [5.74, 6) is 8.30. The van der Waals surface area contributed by atoms with Crippen LogP contribution < -0.4 is 16.1 Å². The highest BCUT2D eigenvalue weighted by molar-refractivity contribution is 7.98. The van der Waals surface area contributed by atoms with Crippen molar-refractivity contribution in [1.29, 1.82) is 0 Å². The van der Waals surface area contributed by atoms with Crippen LogP contribution in [0, 0.1) is 0 Å². The molecule has 0 aliphatic heterocycles. The topological polar surface area (TPSA) is 113 Å². The second-order valence-electron chi connectivity index (χ2n) is 7.20. The fraction of sp³-hybridized carbons (Fsp3) is 0.350. The standard InChI is InChI=1S/C20H23N7O2S2/c1-4-17-25-27-18(28)9-14(22-19(27)31-17)11-30-20-24-23-16(26(20)21)10-29-15-7-5-13(6-8-15)12(2)3/h5-9,12H,4,10-11,21H2,1-3H3. The molecule has 0 fully saturated rings. The predicted molar refractivity (Wildman–Crippen MR) is 121 cm³/mol. The van der Waals surface area contributed by atoms with Gasteiger partial charge in [-0.15, -0.1) is 10.2 Å². The number of fused-ring (bicyclic) bond motifs is 1. The Morgan fingerprint density at radius 1 is 1.23 bits per heavy atom. The maximum Gasteiger partial charge on any atom is 0.275 e. The number of nitrogens with zero attached hydrogens (tertiary/aromatic N) is 6. The van der Waals surface area contributed by atoms with Crippen molar-refractivity contribution in [3.63, 3.8) is 0 Å². The van der Waals surface area contributed by atoms with E-state index in [1.54, 1.807) is 0 Å². The minimum Gasteiger partial charge on any atom is -0.486 e. The lowest BCUT2D eigenvalue weighted by Gasteiger charge is -2.09. The molecule has 4 aromatic rings. The minimum atomic E-state index is -0.191. The predicted octanol–water partition coefficient (Wildman–Crippen LogP) is 3.01. The van der Waals surface area contributed by atoms with Gasteiger partial charge in [0.15, 0.2) is 5.82 Å².